The number of amides is 1. The predicted molar refractivity (Wildman–Crippen MR) is 116 cm³/mol. The van der Waals surface area contributed by atoms with Crippen LogP contribution in [0.3, 0.4) is 0 Å². The number of carbonyl (C=O) groups excluding carboxylic acids is 1. The first-order chi connectivity index (χ1) is 14.3. The normalized spacial score (nSPS) is 20.4. The third-order valence-electron chi connectivity index (χ3n) is 5.83. The van der Waals surface area contributed by atoms with Crippen molar-refractivity contribution in [2.24, 2.45) is 0 Å². The lowest BCUT2D eigenvalue weighted by Gasteiger charge is -2.35. The lowest BCUT2D eigenvalue weighted by molar-refractivity contribution is 0.0941. The number of nitrogens with one attached hydrogen (secondary N) is 2. The number of hydrogen-bond donors (Lipinski definition) is 2. The molecule has 2 aromatic rings. The van der Waals surface area contributed by atoms with E-state index in [1.54, 1.807) is 6.07 Å². The van der Waals surface area contributed by atoms with Crippen LogP contribution >= 0.6 is 0 Å². The van der Waals surface area contributed by atoms with E-state index in [1.165, 1.54) is 24.8 Å². The second kappa shape index (κ2) is 9.85. The van der Waals surface area contributed by atoms with Crippen LogP contribution in [0.15, 0.2) is 48.5 Å². The van der Waals surface area contributed by atoms with Crippen molar-refractivity contribution in [1.82, 2.24) is 20.5 Å². The van der Waals surface area contributed by atoms with Gasteiger partial charge in [-0.05, 0) is 43.6 Å². The zero-order valence-electron chi connectivity index (χ0n) is 17.0. The summed E-state index contributed by atoms with van der Waals surface area (Å²) in [5.41, 5.74) is 1.78. The topological polar surface area (TPSA) is 60.5 Å². The molecular weight excluding hydrogens is 362 g/mol. The monoisotopic (exact) mass is 393 g/mol. The first kappa shape index (κ1) is 19.9. The molecule has 2 aliphatic heterocycles. The average molecular weight is 394 g/mol. The Morgan fingerprint density at radius 2 is 1.86 bits per heavy atom. The third kappa shape index (κ3) is 5.34. The molecule has 0 saturated carbocycles. The number of carbonyl (C=O) groups is 1. The summed E-state index contributed by atoms with van der Waals surface area (Å²) < 4.78 is 0. The van der Waals surface area contributed by atoms with Gasteiger partial charge in [-0.15, -0.1) is 0 Å². The summed E-state index contributed by atoms with van der Waals surface area (Å²) in [5, 5.41) is 6.62. The first-order valence-corrected chi connectivity index (χ1v) is 10.8. The first-order valence-electron chi connectivity index (χ1n) is 10.8. The fourth-order valence-electron chi connectivity index (χ4n) is 4.19. The van der Waals surface area contributed by atoms with Gasteiger partial charge in [0.25, 0.3) is 5.91 Å². The van der Waals surface area contributed by atoms with Crippen LogP contribution in [-0.4, -0.2) is 61.6 Å². The standard InChI is InChI=1S/C23H31N5O/c29-23(25-12-16-27-14-5-2-6-15-27)20-10-7-11-22(26-20)28-17-13-24-21(18-28)19-8-3-1-4-9-19/h1,3-4,7-11,21,24H,2,5-6,12-18H2,(H,25,29). The molecule has 0 bridgehead atoms. The van der Waals surface area contributed by atoms with Crippen molar-refractivity contribution in [2.45, 2.75) is 25.3 Å². The number of hydrogen-bond acceptors (Lipinski definition) is 5. The van der Waals surface area contributed by atoms with Crippen LogP contribution in [0.4, 0.5) is 5.82 Å². The lowest BCUT2D eigenvalue weighted by Crippen LogP contribution is -2.46. The van der Waals surface area contributed by atoms with Gasteiger partial charge in [0.1, 0.15) is 11.5 Å². The van der Waals surface area contributed by atoms with Gasteiger partial charge in [-0.2, -0.15) is 0 Å². The van der Waals surface area contributed by atoms with Crippen molar-refractivity contribution in [3.05, 3.63) is 59.8 Å². The molecule has 154 valence electrons. The largest absolute Gasteiger partial charge is 0.353 e. The minimum absolute atomic E-state index is 0.0846. The van der Waals surface area contributed by atoms with Crippen LogP contribution in [-0.2, 0) is 0 Å². The van der Waals surface area contributed by atoms with Gasteiger partial charge < -0.3 is 20.4 Å². The van der Waals surface area contributed by atoms with E-state index in [2.05, 4.69) is 49.7 Å². The summed E-state index contributed by atoms with van der Waals surface area (Å²) in [5.74, 6) is 0.787. The summed E-state index contributed by atoms with van der Waals surface area (Å²) in [6.07, 6.45) is 3.87. The number of piperazine rings is 1. The minimum atomic E-state index is -0.0846. The number of anilines is 1. The van der Waals surface area contributed by atoms with Crippen LogP contribution in [0.5, 0.6) is 0 Å². The fraction of sp³-hybridized carbons (Fsp3) is 0.478. The highest BCUT2D eigenvalue weighted by molar-refractivity contribution is 5.92. The van der Waals surface area contributed by atoms with Gasteiger partial charge in [0, 0.05) is 38.8 Å². The van der Waals surface area contributed by atoms with Gasteiger partial charge in [0.15, 0.2) is 0 Å². The quantitative estimate of drug-likeness (QED) is 0.789. The van der Waals surface area contributed by atoms with Crippen molar-refractivity contribution < 1.29 is 4.79 Å². The van der Waals surface area contributed by atoms with Gasteiger partial charge in [0.2, 0.25) is 0 Å². The van der Waals surface area contributed by atoms with E-state index in [0.717, 1.165) is 45.1 Å². The fourth-order valence-corrected chi connectivity index (χ4v) is 4.19. The molecule has 6 nitrogen and oxygen atoms in total. The lowest BCUT2D eigenvalue weighted by atomic mass is 10.0. The Hall–Kier alpha value is -2.44. The summed E-state index contributed by atoms with van der Waals surface area (Å²) in [6.45, 7) is 6.52. The zero-order chi connectivity index (χ0) is 19.9. The average Bonchev–Trinajstić information content (AvgIpc) is 2.80. The molecule has 2 saturated heterocycles. The van der Waals surface area contributed by atoms with Gasteiger partial charge in [0.05, 0.1) is 0 Å². The zero-order valence-corrected chi connectivity index (χ0v) is 17.0. The van der Waals surface area contributed by atoms with Crippen LogP contribution in [0.1, 0.15) is 41.4 Å². The minimum Gasteiger partial charge on any atom is -0.353 e. The number of pyridine rings is 1. The number of rotatable bonds is 6. The maximum atomic E-state index is 12.6. The van der Waals surface area contributed by atoms with Crippen molar-refractivity contribution in [3.63, 3.8) is 0 Å². The molecule has 3 heterocycles. The Balaban J connectivity index is 1.34. The van der Waals surface area contributed by atoms with E-state index in [0.29, 0.717) is 12.2 Å². The number of likely N-dealkylation sites (tertiary alicyclic amines) is 1. The maximum Gasteiger partial charge on any atom is 0.270 e. The van der Waals surface area contributed by atoms with E-state index >= 15 is 0 Å². The van der Waals surface area contributed by atoms with E-state index < -0.39 is 0 Å². The number of benzene rings is 1. The number of piperidine rings is 1. The molecule has 4 rings (SSSR count). The number of aromatic nitrogens is 1. The highest BCUT2D eigenvalue weighted by Gasteiger charge is 2.22. The molecule has 1 unspecified atom stereocenters. The molecule has 0 spiro atoms. The highest BCUT2D eigenvalue weighted by Crippen LogP contribution is 2.21. The van der Waals surface area contributed by atoms with Gasteiger partial charge in [-0.25, -0.2) is 4.98 Å². The van der Waals surface area contributed by atoms with Crippen molar-refractivity contribution in [1.29, 1.82) is 0 Å². The van der Waals surface area contributed by atoms with E-state index in [4.69, 9.17) is 0 Å². The SMILES string of the molecule is O=C(NCCN1CCCCC1)c1cccc(N2CCNC(c3ccccc3)C2)n1. The Kier molecular flexibility index (Phi) is 6.75. The molecule has 1 aromatic heterocycles. The molecule has 29 heavy (non-hydrogen) atoms. The molecule has 0 radical (unpaired) electrons. The summed E-state index contributed by atoms with van der Waals surface area (Å²) in [4.78, 5) is 21.9. The van der Waals surface area contributed by atoms with Gasteiger partial charge in [-0.1, -0.05) is 42.8 Å². The van der Waals surface area contributed by atoms with E-state index in [-0.39, 0.29) is 11.9 Å². The van der Waals surface area contributed by atoms with Crippen molar-refractivity contribution in [3.8, 4) is 0 Å². The second-order valence-electron chi connectivity index (χ2n) is 7.90. The second-order valence-corrected chi connectivity index (χ2v) is 7.90. The van der Waals surface area contributed by atoms with Crippen LogP contribution in [0, 0.1) is 0 Å². The van der Waals surface area contributed by atoms with E-state index in [9.17, 15) is 4.79 Å². The highest BCUT2D eigenvalue weighted by atomic mass is 16.1. The van der Waals surface area contributed by atoms with Gasteiger partial charge >= 0.3 is 0 Å². The Bertz CT molecular complexity index is 791. The summed E-state index contributed by atoms with van der Waals surface area (Å²) in [6, 6.07) is 16.5. The predicted octanol–water partition coefficient (Wildman–Crippen LogP) is 2.45. The molecule has 2 fully saturated rings. The molecule has 6 heteroatoms. The molecule has 1 atom stereocenters. The van der Waals surface area contributed by atoms with Crippen LogP contribution in [0.25, 0.3) is 0 Å². The molecule has 0 aliphatic carbocycles. The number of nitrogens with zero attached hydrogens (tertiary/aromatic N) is 3. The maximum absolute atomic E-state index is 12.6. The van der Waals surface area contributed by atoms with Crippen molar-refractivity contribution in [2.75, 3.05) is 50.7 Å². The van der Waals surface area contributed by atoms with Crippen molar-refractivity contribution >= 4 is 11.7 Å². The van der Waals surface area contributed by atoms with Crippen LogP contribution in [0.2, 0.25) is 0 Å². The molecule has 1 amide bonds. The Morgan fingerprint density at radius 1 is 1.03 bits per heavy atom. The third-order valence-corrected chi connectivity index (χ3v) is 5.83. The Labute approximate surface area is 173 Å². The smallest absolute Gasteiger partial charge is 0.270 e. The Morgan fingerprint density at radius 3 is 2.69 bits per heavy atom. The van der Waals surface area contributed by atoms with E-state index in [1.807, 2.05) is 18.2 Å². The summed E-state index contributed by atoms with van der Waals surface area (Å²) in [7, 11) is 0. The van der Waals surface area contributed by atoms with Crippen LogP contribution < -0.4 is 15.5 Å². The molecule has 2 N–H and O–H groups in total. The summed E-state index contributed by atoms with van der Waals surface area (Å²) >= 11 is 0. The van der Waals surface area contributed by atoms with Gasteiger partial charge in [-0.3, -0.25) is 4.79 Å². The molecular formula is C23H31N5O. The molecule has 1 aromatic carbocycles. The molecule has 2 aliphatic rings.